The normalized spacial score (nSPS) is 25.1. The fourth-order valence-electron chi connectivity index (χ4n) is 1.95. The molecule has 1 unspecified atom stereocenters. The molecule has 1 aromatic heterocycles. The lowest BCUT2D eigenvalue weighted by Gasteiger charge is -2.25. The fraction of sp³-hybridized carbons (Fsp3) is 0.727. The second kappa shape index (κ2) is 4.95. The van der Waals surface area contributed by atoms with Crippen LogP contribution >= 0.6 is 0 Å². The minimum Gasteiger partial charge on any atom is -0.378 e. The Morgan fingerprint density at radius 2 is 2.56 bits per heavy atom. The Labute approximate surface area is 95.6 Å². The molecule has 5 heteroatoms. The zero-order valence-electron chi connectivity index (χ0n) is 9.88. The lowest BCUT2D eigenvalue weighted by atomic mass is 10.0. The number of aromatic amines is 1. The van der Waals surface area contributed by atoms with Gasteiger partial charge < -0.3 is 19.8 Å². The molecule has 1 saturated heterocycles. The van der Waals surface area contributed by atoms with E-state index in [0.29, 0.717) is 6.61 Å². The zero-order valence-corrected chi connectivity index (χ0v) is 9.88. The van der Waals surface area contributed by atoms with Crippen molar-refractivity contribution < 1.29 is 9.47 Å². The summed E-state index contributed by atoms with van der Waals surface area (Å²) in [6.45, 7) is 5.01. The quantitative estimate of drug-likeness (QED) is 0.771. The van der Waals surface area contributed by atoms with Gasteiger partial charge in [0.2, 0.25) is 0 Å². The van der Waals surface area contributed by atoms with Gasteiger partial charge in [-0.15, -0.1) is 0 Å². The summed E-state index contributed by atoms with van der Waals surface area (Å²) >= 11 is 0. The van der Waals surface area contributed by atoms with Gasteiger partial charge in [0.1, 0.15) is 11.4 Å². The third-order valence-corrected chi connectivity index (χ3v) is 3.02. The van der Waals surface area contributed by atoms with Gasteiger partial charge in [-0.2, -0.15) is 0 Å². The Balaban J connectivity index is 1.78. The second-order valence-electron chi connectivity index (χ2n) is 4.29. The minimum absolute atomic E-state index is 0.144. The average Bonchev–Trinajstić information content (AvgIpc) is 2.89. The van der Waals surface area contributed by atoms with Gasteiger partial charge in [-0.05, 0) is 6.92 Å². The van der Waals surface area contributed by atoms with Crippen molar-refractivity contribution in [1.82, 2.24) is 15.3 Å². The van der Waals surface area contributed by atoms with Crippen LogP contribution in [0.15, 0.2) is 6.20 Å². The first-order valence-corrected chi connectivity index (χ1v) is 5.58. The van der Waals surface area contributed by atoms with E-state index in [0.717, 1.165) is 37.6 Å². The number of hydrogen-bond acceptors (Lipinski definition) is 4. The van der Waals surface area contributed by atoms with Gasteiger partial charge in [0.15, 0.2) is 0 Å². The van der Waals surface area contributed by atoms with Crippen LogP contribution in [0.1, 0.15) is 17.9 Å². The lowest BCUT2D eigenvalue weighted by Crippen LogP contribution is -2.42. The molecule has 0 bridgehead atoms. The molecule has 16 heavy (non-hydrogen) atoms. The van der Waals surface area contributed by atoms with Crippen molar-refractivity contribution in [3.05, 3.63) is 17.7 Å². The van der Waals surface area contributed by atoms with Crippen LogP contribution in [0.2, 0.25) is 0 Å². The van der Waals surface area contributed by atoms with Crippen molar-refractivity contribution in [2.75, 3.05) is 26.9 Å². The first-order valence-electron chi connectivity index (χ1n) is 5.58. The third kappa shape index (κ3) is 2.61. The highest BCUT2D eigenvalue weighted by Gasteiger charge is 2.34. The first kappa shape index (κ1) is 11.6. The molecule has 1 atom stereocenters. The summed E-state index contributed by atoms with van der Waals surface area (Å²) in [5, 5.41) is 3.37. The van der Waals surface area contributed by atoms with E-state index in [-0.39, 0.29) is 5.60 Å². The molecule has 2 N–H and O–H groups in total. The maximum atomic E-state index is 5.53. The summed E-state index contributed by atoms with van der Waals surface area (Å²) in [5.41, 5.74) is 0.956. The molecule has 90 valence electrons. The van der Waals surface area contributed by atoms with E-state index in [4.69, 9.17) is 9.47 Å². The Morgan fingerprint density at radius 3 is 3.12 bits per heavy atom. The molecule has 5 nitrogen and oxygen atoms in total. The van der Waals surface area contributed by atoms with E-state index in [2.05, 4.69) is 15.3 Å². The zero-order chi connectivity index (χ0) is 11.4. The number of rotatable bonds is 5. The lowest BCUT2D eigenvalue weighted by molar-refractivity contribution is -0.0159. The van der Waals surface area contributed by atoms with Crippen molar-refractivity contribution in [2.24, 2.45) is 0 Å². The van der Waals surface area contributed by atoms with Crippen LogP contribution in [-0.4, -0.2) is 42.4 Å². The van der Waals surface area contributed by atoms with Crippen molar-refractivity contribution in [3.63, 3.8) is 0 Å². The SMILES string of the molecule is COC1(CNCc2cnc(C)[nH]2)CCOC1. The fourth-order valence-corrected chi connectivity index (χ4v) is 1.95. The number of ether oxygens (including phenoxy) is 2. The number of nitrogens with one attached hydrogen (secondary N) is 2. The summed E-state index contributed by atoms with van der Waals surface area (Å²) in [4.78, 5) is 7.34. The Bertz CT molecular complexity index is 332. The van der Waals surface area contributed by atoms with E-state index in [9.17, 15) is 0 Å². The molecule has 2 heterocycles. The molecule has 0 aliphatic carbocycles. The van der Waals surface area contributed by atoms with Crippen molar-refractivity contribution in [2.45, 2.75) is 25.5 Å². The molecule has 1 aliphatic heterocycles. The molecule has 1 fully saturated rings. The monoisotopic (exact) mass is 225 g/mol. The van der Waals surface area contributed by atoms with Crippen LogP contribution in [0.3, 0.4) is 0 Å². The molecule has 2 rings (SSSR count). The average molecular weight is 225 g/mol. The third-order valence-electron chi connectivity index (χ3n) is 3.02. The van der Waals surface area contributed by atoms with E-state index in [1.54, 1.807) is 7.11 Å². The number of H-pyrrole nitrogens is 1. The molecule has 0 spiro atoms. The van der Waals surface area contributed by atoms with Gasteiger partial charge in [-0.1, -0.05) is 0 Å². The predicted molar refractivity (Wildman–Crippen MR) is 60.2 cm³/mol. The molecule has 0 aromatic carbocycles. The summed E-state index contributed by atoms with van der Waals surface area (Å²) in [6, 6.07) is 0. The maximum Gasteiger partial charge on any atom is 0.106 e. The van der Waals surface area contributed by atoms with Crippen LogP contribution in [0.5, 0.6) is 0 Å². The molecule has 0 saturated carbocycles. The Kier molecular flexibility index (Phi) is 3.58. The summed E-state index contributed by atoms with van der Waals surface area (Å²) in [5.74, 6) is 0.947. The van der Waals surface area contributed by atoms with Gasteiger partial charge in [0.25, 0.3) is 0 Å². The van der Waals surface area contributed by atoms with Gasteiger partial charge >= 0.3 is 0 Å². The van der Waals surface area contributed by atoms with E-state index < -0.39 is 0 Å². The molecular formula is C11H19N3O2. The highest BCUT2D eigenvalue weighted by Crippen LogP contribution is 2.21. The molecule has 1 aliphatic rings. The number of imidazole rings is 1. The first-order chi connectivity index (χ1) is 7.74. The Morgan fingerprint density at radius 1 is 1.69 bits per heavy atom. The highest BCUT2D eigenvalue weighted by molar-refractivity contribution is 4.99. The van der Waals surface area contributed by atoms with E-state index in [1.807, 2.05) is 13.1 Å². The Hall–Kier alpha value is -0.910. The minimum atomic E-state index is -0.144. The van der Waals surface area contributed by atoms with E-state index >= 15 is 0 Å². The van der Waals surface area contributed by atoms with Crippen LogP contribution in [0, 0.1) is 6.92 Å². The summed E-state index contributed by atoms with van der Waals surface area (Å²) in [6.07, 6.45) is 2.81. The van der Waals surface area contributed by atoms with Crippen LogP contribution in [0.25, 0.3) is 0 Å². The van der Waals surface area contributed by atoms with Crippen molar-refractivity contribution in [3.8, 4) is 0 Å². The van der Waals surface area contributed by atoms with Gasteiger partial charge in [0, 0.05) is 45.1 Å². The standard InChI is InChI=1S/C11H19N3O2/c1-9-13-6-10(14-9)5-12-7-11(15-2)3-4-16-8-11/h6,12H,3-5,7-8H2,1-2H3,(H,13,14). The molecule has 1 aromatic rings. The van der Waals surface area contributed by atoms with Crippen molar-refractivity contribution >= 4 is 0 Å². The number of nitrogens with zero attached hydrogens (tertiary/aromatic N) is 1. The van der Waals surface area contributed by atoms with Gasteiger partial charge in [-0.25, -0.2) is 4.98 Å². The van der Waals surface area contributed by atoms with Crippen LogP contribution in [-0.2, 0) is 16.0 Å². The smallest absolute Gasteiger partial charge is 0.106 e. The van der Waals surface area contributed by atoms with Crippen LogP contribution in [0.4, 0.5) is 0 Å². The molecule has 0 radical (unpaired) electrons. The second-order valence-corrected chi connectivity index (χ2v) is 4.29. The van der Waals surface area contributed by atoms with Crippen LogP contribution < -0.4 is 5.32 Å². The molecular weight excluding hydrogens is 206 g/mol. The number of hydrogen-bond donors (Lipinski definition) is 2. The van der Waals surface area contributed by atoms with Gasteiger partial charge in [0.05, 0.1) is 6.61 Å². The van der Waals surface area contributed by atoms with Gasteiger partial charge in [-0.3, -0.25) is 0 Å². The number of methoxy groups -OCH3 is 1. The largest absolute Gasteiger partial charge is 0.378 e. The number of aromatic nitrogens is 2. The summed E-state index contributed by atoms with van der Waals surface area (Å²) < 4.78 is 10.9. The number of aryl methyl sites for hydroxylation is 1. The topological polar surface area (TPSA) is 59.2 Å². The summed E-state index contributed by atoms with van der Waals surface area (Å²) in [7, 11) is 1.75. The van der Waals surface area contributed by atoms with E-state index in [1.165, 1.54) is 0 Å². The van der Waals surface area contributed by atoms with Crippen molar-refractivity contribution in [1.29, 1.82) is 0 Å². The maximum absolute atomic E-state index is 5.53. The predicted octanol–water partition coefficient (Wildman–Crippen LogP) is 0.613. The highest BCUT2D eigenvalue weighted by atomic mass is 16.5. The molecule has 0 amide bonds.